The third-order valence-corrected chi connectivity index (χ3v) is 4.17. The number of piperidine rings is 1. The molecule has 0 saturated carbocycles. The third-order valence-electron chi connectivity index (χ3n) is 4.17. The quantitative estimate of drug-likeness (QED) is 0.845. The lowest BCUT2D eigenvalue weighted by atomic mass is 9.97. The average molecular weight is 260 g/mol. The molecule has 106 valence electrons. The summed E-state index contributed by atoms with van der Waals surface area (Å²) in [5, 5.41) is 3.46. The molecule has 1 aromatic carbocycles. The monoisotopic (exact) mass is 260 g/mol. The van der Waals surface area contributed by atoms with Crippen LogP contribution >= 0.6 is 0 Å². The van der Waals surface area contributed by atoms with Gasteiger partial charge in [0.15, 0.2) is 0 Å². The van der Waals surface area contributed by atoms with Crippen molar-refractivity contribution in [2.24, 2.45) is 5.92 Å². The Kier molecular flexibility index (Phi) is 5.87. The lowest BCUT2D eigenvalue weighted by Gasteiger charge is -2.30. The van der Waals surface area contributed by atoms with Crippen LogP contribution in [-0.2, 0) is 6.54 Å². The van der Waals surface area contributed by atoms with Crippen molar-refractivity contribution in [1.29, 1.82) is 0 Å². The Morgan fingerprint density at radius 2 is 1.95 bits per heavy atom. The second-order valence-corrected chi connectivity index (χ2v) is 5.85. The van der Waals surface area contributed by atoms with Gasteiger partial charge in [0.1, 0.15) is 0 Å². The molecule has 0 bridgehead atoms. The molecular formula is C17H28N2. The molecule has 1 heterocycles. The van der Waals surface area contributed by atoms with Gasteiger partial charge < -0.3 is 5.32 Å². The predicted molar refractivity (Wildman–Crippen MR) is 82.3 cm³/mol. The van der Waals surface area contributed by atoms with Gasteiger partial charge in [-0.2, -0.15) is 0 Å². The Morgan fingerprint density at radius 1 is 1.21 bits per heavy atom. The molecule has 1 aliphatic rings. The predicted octanol–water partition coefficient (Wildman–Crippen LogP) is 3.21. The molecule has 2 rings (SSSR count). The lowest BCUT2D eigenvalue weighted by Crippen LogP contribution is -2.36. The summed E-state index contributed by atoms with van der Waals surface area (Å²) in [6, 6.07) is 8.80. The van der Waals surface area contributed by atoms with E-state index in [0.717, 1.165) is 12.5 Å². The topological polar surface area (TPSA) is 15.3 Å². The molecule has 2 heteroatoms. The average Bonchev–Trinajstić information content (AvgIpc) is 2.43. The van der Waals surface area contributed by atoms with E-state index in [1.807, 2.05) is 0 Å². The standard InChI is InChI=1S/C17H28N2/c1-3-12-19(13-16-8-10-18-11-9-16)14-17-7-5-4-6-15(17)2/h4-7,16,18H,3,8-14H2,1-2H3. The lowest BCUT2D eigenvalue weighted by molar-refractivity contribution is 0.198. The van der Waals surface area contributed by atoms with Gasteiger partial charge >= 0.3 is 0 Å². The smallest absolute Gasteiger partial charge is 0.0236 e. The minimum atomic E-state index is 0.886. The van der Waals surface area contributed by atoms with E-state index in [4.69, 9.17) is 0 Å². The summed E-state index contributed by atoms with van der Waals surface area (Å²) in [5.41, 5.74) is 2.92. The minimum absolute atomic E-state index is 0.886. The fourth-order valence-electron chi connectivity index (χ4n) is 3.01. The van der Waals surface area contributed by atoms with Crippen molar-refractivity contribution in [3.8, 4) is 0 Å². The van der Waals surface area contributed by atoms with E-state index in [9.17, 15) is 0 Å². The highest BCUT2D eigenvalue weighted by molar-refractivity contribution is 5.25. The summed E-state index contributed by atoms with van der Waals surface area (Å²) in [6.07, 6.45) is 3.93. The molecule has 19 heavy (non-hydrogen) atoms. The number of nitrogens with zero attached hydrogens (tertiary/aromatic N) is 1. The van der Waals surface area contributed by atoms with E-state index in [1.54, 1.807) is 0 Å². The van der Waals surface area contributed by atoms with Crippen molar-refractivity contribution in [2.75, 3.05) is 26.2 Å². The zero-order chi connectivity index (χ0) is 13.5. The molecule has 1 aliphatic heterocycles. The summed E-state index contributed by atoms with van der Waals surface area (Å²) < 4.78 is 0. The fraction of sp³-hybridized carbons (Fsp3) is 0.647. The number of hydrogen-bond donors (Lipinski definition) is 1. The van der Waals surface area contributed by atoms with Crippen LogP contribution in [0.15, 0.2) is 24.3 Å². The van der Waals surface area contributed by atoms with E-state index in [1.165, 1.54) is 56.6 Å². The maximum Gasteiger partial charge on any atom is 0.0236 e. The molecule has 1 N–H and O–H groups in total. The summed E-state index contributed by atoms with van der Waals surface area (Å²) in [5.74, 6) is 0.886. The van der Waals surface area contributed by atoms with Crippen molar-refractivity contribution in [1.82, 2.24) is 10.2 Å². The zero-order valence-electron chi connectivity index (χ0n) is 12.5. The fourth-order valence-corrected chi connectivity index (χ4v) is 3.01. The first-order valence-corrected chi connectivity index (χ1v) is 7.77. The van der Waals surface area contributed by atoms with Crippen LogP contribution in [0.2, 0.25) is 0 Å². The highest BCUT2D eigenvalue weighted by Gasteiger charge is 2.17. The molecule has 1 aromatic rings. The van der Waals surface area contributed by atoms with Gasteiger partial charge in [0.25, 0.3) is 0 Å². The molecule has 0 amide bonds. The molecular weight excluding hydrogens is 232 g/mol. The zero-order valence-corrected chi connectivity index (χ0v) is 12.5. The second kappa shape index (κ2) is 7.66. The Hall–Kier alpha value is -0.860. The SMILES string of the molecule is CCCN(Cc1ccccc1C)CC1CCNCC1. The molecule has 1 fully saturated rings. The van der Waals surface area contributed by atoms with Crippen LogP contribution in [0.3, 0.4) is 0 Å². The number of rotatable bonds is 6. The van der Waals surface area contributed by atoms with E-state index >= 15 is 0 Å². The molecule has 0 radical (unpaired) electrons. The maximum absolute atomic E-state index is 3.46. The van der Waals surface area contributed by atoms with E-state index in [2.05, 4.69) is 48.3 Å². The minimum Gasteiger partial charge on any atom is -0.317 e. The van der Waals surface area contributed by atoms with Gasteiger partial charge in [0.05, 0.1) is 0 Å². The molecule has 0 atom stereocenters. The summed E-state index contributed by atoms with van der Waals surface area (Å²) in [4.78, 5) is 2.65. The Balaban J connectivity index is 1.93. The highest BCUT2D eigenvalue weighted by atomic mass is 15.1. The number of nitrogens with one attached hydrogen (secondary N) is 1. The van der Waals surface area contributed by atoms with Crippen LogP contribution < -0.4 is 5.32 Å². The number of benzene rings is 1. The van der Waals surface area contributed by atoms with Crippen molar-refractivity contribution in [3.63, 3.8) is 0 Å². The van der Waals surface area contributed by atoms with Gasteiger partial charge in [-0.05, 0) is 62.9 Å². The molecule has 0 aliphatic carbocycles. The normalized spacial score (nSPS) is 17.0. The summed E-state index contributed by atoms with van der Waals surface area (Å²) in [6.45, 7) is 10.5. The summed E-state index contributed by atoms with van der Waals surface area (Å²) >= 11 is 0. The molecule has 0 aromatic heterocycles. The first-order chi connectivity index (χ1) is 9.29. The summed E-state index contributed by atoms with van der Waals surface area (Å²) in [7, 11) is 0. The molecule has 1 saturated heterocycles. The third kappa shape index (κ3) is 4.63. The van der Waals surface area contributed by atoms with Crippen LogP contribution in [0.25, 0.3) is 0 Å². The van der Waals surface area contributed by atoms with Gasteiger partial charge in [0.2, 0.25) is 0 Å². The Bertz CT molecular complexity index is 369. The molecule has 2 nitrogen and oxygen atoms in total. The van der Waals surface area contributed by atoms with Crippen molar-refractivity contribution < 1.29 is 0 Å². The molecule has 0 spiro atoms. The maximum atomic E-state index is 3.46. The Morgan fingerprint density at radius 3 is 2.63 bits per heavy atom. The van der Waals surface area contributed by atoms with Gasteiger partial charge in [0, 0.05) is 13.1 Å². The Labute approximate surface area is 118 Å². The van der Waals surface area contributed by atoms with Gasteiger partial charge in [-0.15, -0.1) is 0 Å². The van der Waals surface area contributed by atoms with Crippen LogP contribution in [-0.4, -0.2) is 31.1 Å². The van der Waals surface area contributed by atoms with E-state index in [-0.39, 0.29) is 0 Å². The van der Waals surface area contributed by atoms with E-state index < -0.39 is 0 Å². The van der Waals surface area contributed by atoms with Crippen molar-refractivity contribution in [2.45, 2.75) is 39.7 Å². The largest absolute Gasteiger partial charge is 0.317 e. The van der Waals surface area contributed by atoms with Crippen LogP contribution in [0.1, 0.15) is 37.3 Å². The van der Waals surface area contributed by atoms with Gasteiger partial charge in [-0.3, -0.25) is 4.90 Å². The number of hydrogen-bond acceptors (Lipinski definition) is 2. The van der Waals surface area contributed by atoms with Crippen LogP contribution in [0.5, 0.6) is 0 Å². The van der Waals surface area contributed by atoms with Gasteiger partial charge in [-0.25, -0.2) is 0 Å². The first kappa shape index (κ1) is 14.5. The number of aryl methyl sites for hydroxylation is 1. The van der Waals surface area contributed by atoms with Crippen LogP contribution in [0, 0.1) is 12.8 Å². The van der Waals surface area contributed by atoms with E-state index in [0.29, 0.717) is 0 Å². The molecule has 0 unspecified atom stereocenters. The van der Waals surface area contributed by atoms with Crippen LogP contribution in [0.4, 0.5) is 0 Å². The van der Waals surface area contributed by atoms with Crippen molar-refractivity contribution in [3.05, 3.63) is 35.4 Å². The van der Waals surface area contributed by atoms with Gasteiger partial charge in [-0.1, -0.05) is 31.2 Å². The van der Waals surface area contributed by atoms with Crippen molar-refractivity contribution >= 4 is 0 Å². The second-order valence-electron chi connectivity index (χ2n) is 5.85. The first-order valence-electron chi connectivity index (χ1n) is 7.77. The highest BCUT2D eigenvalue weighted by Crippen LogP contribution is 2.17.